The number of methoxy groups -OCH3 is 2. The Kier molecular flexibility index (Phi) is 7.30. The van der Waals surface area contributed by atoms with Crippen molar-refractivity contribution in [1.82, 2.24) is 0 Å². The highest BCUT2D eigenvalue weighted by molar-refractivity contribution is 7.99. The van der Waals surface area contributed by atoms with Gasteiger partial charge in [-0.25, -0.2) is 8.78 Å². The van der Waals surface area contributed by atoms with Crippen molar-refractivity contribution in [2.45, 2.75) is 22.6 Å². The molecule has 0 aliphatic heterocycles. The van der Waals surface area contributed by atoms with E-state index in [1.54, 1.807) is 50.2 Å². The number of hydrogen-bond donors (Lipinski definition) is 0. The van der Waals surface area contributed by atoms with Crippen molar-refractivity contribution in [1.29, 1.82) is 0 Å². The summed E-state index contributed by atoms with van der Waals surface area (Å²) in [6, 6.07) is 25.2. The molecule has 4 aromatic rings. The Morgan fingerprint density at radius 3 is 1.33 bits per heavy atom. The first kappa shape index (κ1) is 22.9. The zero-order valence-electron chi connectivity index (χ0n) is 18.5. The van der Waals surface area contributed by atoms with Gasteiger partial charge in [0.05, 0.1) is 14.2 Å². The molecule has 0 aliphatic rings. The summed E-state index contributed by atoms with van der Waals surface area (Å²) in [6.45, 7) is 0. The average Bonchev–Trinajstić information content (AvgIpc) is 2.84. The maximum atomic E-state index is 13.4. The van der Waals surface area contributed by atoms with E-state index < -0.39 is 0 Å². The van der Waals surface area contributed by atoms with Crippen LogP contribution in [-0.2, 0) is 12.8 Å². The highest BCUT2D eigenvalue weighted by Crippen LogP contribution is 2.37. The summed E-state index contributed by atoms with van der Waals surface area (Å²) in [5, 5.41) is 0. The molecule has 0 radical (unpaired) electrons. The van der Waals surface area contributed by atoms with Gasteiger partial charge in [-0.2, -0.15) is 0 Å². The standard InChI is InChI=1S/C28H24F2O2S/c1-31-25-11-13-27(21(17-25)15-19-3-7-23(29)8-4-19)33-28-14-12-26(32-2)18-22(28)16-20-5-9-24(30)10-6-20/h3-14,17-18H,15-16H2,1-2H3. The maximum absolute atomic E-state index is 13.4. The van der Waals surface area contributed by atoms with Crippen LogP contribution in [0.1, 0.15) is 22.3 Å². The van der Waals surface area contributed by atoms with Gasteiger partial charge in [-0.05, 0) is 95.8 Å². The van der Waals surface area contributed by atoms with Gasteiger partial charge in [0.25, 0.3) is 0 Å². The lowest BCUT2D eigenvalue weighted by Gasteiger charge is -2.15. The molecular weight excluding hydrogens is 438 g/mol. The van der Waals surface area contributed by atoms with E-state index in [0.29, 0.717) is 12.8 Å². The predicted molar refractivity (Wildman–Crippen MR) is 129 cm³/mol. The summed E-state index contributed by atoms with van der Waals surface area (Å²) in [7, 11) is 3.29. The second-order valence-corrected chi connectivity index (χ2v) is 8.74. The average molecular weight is 463 g/mol. The minimum absolute atomic E-state index is 0.248. The topological polar surface area (TPSA) is 18.5 Å². The molecule has 168 valence electrons. The number of hydrogen-bond acceptors (Lipinski definition) is 3. The van der Waals surface area contributed by atoms with Crippen LogP contribution in [0.3, 0.4) is 0 Å². The summed E-state index contributed by atoms with van der Waals surface area (Å²) < 4.78 is 37.6. The largest absolute Gasteiger partial charge is 0.497 e. The van der Waals surface area contributed by atoms with Crippen molar-refractivity contribution in [3.63, 3.8) is 0 Å². The SMILES string of the molecule is COc1ccc(Sc2ccc(OC)cc2Cc2ccc(F)cc2)c(Cc2ccc(F)cc2)c1. The Balaban J connectivity index is 1.67. The summed E-state index contributed by atoms with van der Waals surface area (Å²) in [6.07, 6.45) is 1.31. The van der Waals surface area contributed by atoms with E-state index in [-0.39, 0.29) is 11.6 Å². The van der Waals surface area contributed by atoms with Gasteiger partial charge in [-0.15, -0.1) is 0 Å². The van der Waals surface area contributed by atoms with Crippen LogP contribution >= 0.6 is 11.8 Å². The Hall–Kier alpha value is -3.31. The molecule has 0 heterocycles. The predicted octanol–water partition coefficient (Wildman–Crippen LogP) is 7.31. The second kappa shape index (κ2) is 10.5. The fraction of sp³-hybridized carbons (Fsp3) is 0.143. The maximum Gasteiger partial charge on any atom is 0.123 e. The molecule has 4 rings (SSSR count). The molecule has 0 bridgehead atoms. The second-order valence-electron chi connectivity index (χ2n) is 7.66. The lowest BCUT2D eigenvalue weighted by molar-refractivity contribution is 0.414. The van der Waals surface area contributed by atoms with Gasteiger partial charge < -0.3 is 9.47 Å². The highest BCUT2D eigenvalue weighted by Gasteiger charge is 2.12. The third-order valence-corrected chi connectivity index (χ3v) is 6.61. The lowest BCUT2D eigenvalue weighted by atomic mass is 10.0. The van der Waals surface area contributed by atoms with Gasteiger partial charge >= 0.3 is 0 Å². The van der Waals surface area contributed by atoms with Gasteiger partial charge in [0.2, 0.25) is 0 Å². The summed E-state index contributed by atoms with van der Waals surface area (Å²) in [5.74, 6) is 1.06. The summed E-state index contributed by atoms with van der Waals surface area (Å²) in [5.41, 5.74) is 4.23. The van der Waals surface area contributed by atoms with Crippen molar-refractivity contribution in [3.8, 4) is 11.5 Å². The molecule has 0 saturated heterocycles. The van der Waals surface area contributed by atoms with E-state index in [9.17, 15) is 8.78 Å². The van der Waals surface area contributed by atoms with Crippen molar-refractivity contribution in [2.24, 2.45) is 0 Å². The van der Waals surface area contributed by atoms with Gasteiger partial charge in [0.1, 0.15) is 23.1 Å². The van der Waals surface area contributed by atoms with Gasteiger partial charge in [0, 0.05) is 9.79 Å². The molecule has 0 spiro atoms. The van der Waals surface area contributed by atoms with E-state index in [4.69, 9.17) is 9.47 Å². The van der Waals surface area contributed by atoms with Crippen molar-refractivity contribution >= 4 is 11.8 Å². The number of rotatable bonds is 8. The van der Waals surface area contributed by atoms with Gasteiger partial charge in [0.15, 0.2) is 0 Å². The Labute approximate surface area is 197 Å². The molecule has 0 N–H and O–H groups in total. The zero-order chi connectivity index (χ0) is 23.2. The van der Waals surface area contributed by atoms with Crippen LogP contribution in [-0.4, -0.2) is 14.2 Å². The molecule has 4 aromatic carbocycles. The van der Waals surface area contributed by atoms with Crippen LogP contribution in [0, 0.1) is 11.6 Å². The van der Waals surface area contributed by atoms with Crippen LogP contribution in [0.15, 0.2) is 94.7 Å². The molecule has 5 heteroatoms. The fourth-order valence-electron chi connectivity index (χ4n) is 3.60. The number of halogens is 2. The molecule has 0 atom stereocenters. The van der Waals surface area contributed by atoms with Crippen LogP contribution in [0.5, 0.6) is 11.5 Å². The molecule has 0 amide bonds. The molecule has 33 heavy (non-hydrogen) atoms. The van der Waals surface area contributed by atoms with Crippen LogP contribution in [0.2, 0.25) is 0 Å². The molecule has 0 aliphatic carbocycles. The molecule has 0 saturated carbocycles. The van der Waals surface area contributed by atoms with Crippen LogP contribution in [0.25, 0.3) is 0 Å². The summed E-state index contributed by atoms with van der Waals surface area (Å²) in [4.78, 5) is 2.18. The first-order chi connectivity index (χ1) is 16.0. The van der Waals surface area contributed by atoms with E-state index in [1.165, 1.54) is 24.3 Å². The Morgan fingerprint density at radius 2 is 0.970 bits per heavy atom. The smallest absolute Gasteiger partial charge is 0.123 e. The molecule has 0 fully saturated rings. The molecule has 0 aromatic heterocycles. The third kappa shape index (κ3) is 5.93. The zero-order valence-corrected chi connectivity index (χ0v) is 19.3. The lowest BCUT2D eigenvalue weighted by Crippen LogP contribution is -1.96. The normalized spacial score (nSPS) is 10.8. The quantitative estimate of drug-likeness (QED) is 0.273. The van der Waals surface area contributed by atoms with Crippen molar-refractivity contribution in [3.05, 3.63) is 119 Å². The first-order valence-corrected chi connectivity index (χ1v) is 11.4. The van der Waals surface area contributed by atoms with Crippen molar-refractivity contribution in [2.75, 3.05) is 14.2 Å². The monoisotopic (exact) mass is 462 g/mol. The molecule has 0 unspecified atom stereocenters. The Morgan fingerprint density at radius 1 is 0.576 bits per heavy atom. The van der Waals surface area contributed by atoms with E-state index >= 15 is 0 Å². The van der Waals surface area contributed by atoms with Crippen molar-refractivity contribution < 1.29 is 18.3 Å². The number of benzene rings is 4. The number of ether oxygens (including phenoxy) is 2. The summed E-state index contributed by atoms with van der Waals surface area (Å²) >= 11 is 1.66. The van der Waals surface area contributed by atoms with Gasteiger partial charge in [-0.3, -0.25) is 0 Å². The first-order valence-electron chi connectivity index (χ1n) is 10.5. The highest BCUT2D eigenvalue weighted by atomic mass is 32.2. The Bertz CT molecular complexity index is 1120. The van der Waals surface area contributed by atoms with Gasteiger partial charge in [-0.1, -0.05) is 36.0 Å². The minimum Gasteiger partial charge on any atom is -0.497 e. The molecular formula is C28H24F2O2S. The minimum atomic E-state index is -0.248. The van der Waals surface area contributed by atoms with Crippen LogP contribution < -0.4 is 9.47 Å². The van der Waals surface area contributed by atoms with E-state index in [0.717, 1.165) is 43.5 Å². The van der Waals surface area contributed by atoms with E-state index in [2.05, 4.69) is 0 Å². The van der Waals surface area contributed by atoms with E-state index in [1.807, 2.05) is 36.4 Å². The fourth-order valence-corrected chi connectivity index (χ4v) is 4.64. The molecule has 2 nitrogen and oxygen atoms in total. The third-order valence-electron chi connectivity index (χ3n) is 5.37. The van der Waals surface area contributed by atoms with Crippen LogP contribution in [0.4, 0.5) is 8.78 Å².